The molecule has 1 amide bonds. The molecule has 3 rings (SSSR count). The first kappa shape index (κ1) is 18.5. The Morgan fingerprint density at radius 1 is 1.19 bits per heavy atom. The minimum Gasteiger partial charge on any atom is -0.351 e. The number of thioether (sulfide) groups is 1. The average Bonchev–Trinajstić information content (AvgIpc) is 2.99. The van der Waals surface area contributed by atoms with E-state index in [1.165, 1.54) is 11.8 Å². The molecule has 2 aromatic carbocycles. The number of aryl methyl sites for hydroxylation is 1. The van der Waals surface area contributed by atoms with Crippen molar-refractivity contribution in [1.82, 2.24) is 20.1 Å². The Balaban J connectivity index is 1.58. The summed E-state index contributed by atoms with van der Waals surface area (Å²) in [4.78, 5) is 12.1. The number of hydrogen-bond acceptors (Lipinski definition) is 4. The third-order valence-electron chi connectivity index (χ3n) is 3.93. The number of nitrogens with zero attached hydrogens (tertiary/aromatic N) is 3. The maximum absolute atomic E-state index is 12.1. The van der Waals surface area contributed by atoms with Crippen LogP contribution in [0.1, 0.15) is 11.1 Å². The lowest BCUT2D eigenvalue weighted by atomic mass is 10.1. The average molecular weight is 387 g/mol. The highest BCUT2D eigenvalue weighted by atomic mass is 35.5. The summed E-state index contributed by atoms with van der Waals surface area (Å²) < 4.78 is 1.91. The molecule has 0 aliphatic heterocycles. The van der Waals surface area contributed by atoms with E-state index in [0.29, 0.717) is 16.7 Å². The number of carbonyl (C=O) groups excluding carboxylic acids is 1. The third-order valence-corrected chi connectivity index (χ3v) is 5.19. The number of carbonyl (C=O) groups is 1. The molecule has 26 heavy (non-hydrogen) atoms. The van der Waals surface area contributed by atoms with Gasteiger partial charge in [0.05, 0.1) is 5.75 Å². The maximum Gasteiger partial charge on any atom is 0.230 e. The second kappa shape index (κ2) is 8.38. The van der Waals surface area contributed by atoms with E-state index in [4.69, 9.17) is 11.6 Å². The summed E-state index contributed by atoms with van der Waals surface area (Å²) in [6.45, 7) is 2.49. The Kier molecular flexibility index (Phi) is 5.96. The molecular weight excluding hydrogens is 368 g/mol. The lowest BCUT2D eigenvalue weighted by Crippen LogP contribution is -2.24. The number of hydrogen-bond donors (Lipinski definition) is 1. The van der Waals surface area contributed by atoms with E-state index < -0.39 is 0 Å². The van der Waals surface area contributed by atoms with Crippen molar-refractivity contribution in [3.63, 3.8) is 0 Å². The van der Waals surface area contributed by atoms with Crippen LogP contribution in [0, 0.1) is 6.92 Å². The number of aromatic nitrogens is 3. The van der Waals surface area contributed by atoms with Crippen molar-refractivity contribution in [2.24, 2.45) is 7.05 Å². The van der Waals surface area contributed by atoms with Gasteiger partial charge in [0.1, 0.15) is 0 Å². The van der Waals surface area contributed by atoms with Crippen LogP contribution in [0.4, 0.5) is 0 Å². The molecule has 1 heterocycles. The second-order valence-electron chi connectivity index (χ2n) is 5.88. The van der Waals surface area contributed by atoms with Crippen LogP contribution < -0.4 is 5.32 Å². The van der Waals surface area contributed by atoms with Gasteiger partial charge in [-0.15, -0.1) is 10.2 Å². The molecule has 0 atom stereocenters. The Labute approximate surface area is 161 Å². The molecule has 0 aliphatic carbocycles. The van der Waals surface area contributed by atoms with Crippen molar-refractivity contribution >= 4 is 29.3 Å². The van der Waals surface area contributed by atoms with Crippen molar-refractivity contribution in [1.29, 1.82) is 0 Å². The molecule has 0 saturated carbocycles. The molecule has 7 heteroatoms. The molecule has 1 N–H and O–H groups in total. The zero-order valence-electron chi connectivity index (χ0n) is 14.6. The summed E-state index contributed by atoms with van der Waals surface area (Å²) in [6, 6.07) is 15.5. The normalized spacial score (nSPS) is 10.7. The molecule has 0 unspecified atom stereocenters. The monoisotopic (exact) mass is 386 g/mol. The van der Waals surface area contributed by atoms with E-state index >= 15 is 0 Å². The lowest BCUT2D eigenvalue weighted by Gasteiger charge is -2.07. The van der Waals surface area contributed by atoms with Gasteiger partial charge < -0.3 is 9.88 Å². The van der Waals surface area contributed by atoms with Gasteiger partial charge in [-0.05, 0) is 30.2 Å². The van der Waals surface area contributed by atoms with Crippen LogP contribution in [0.3, 0.4) is 0 Å². The summed E-state index contributed by atoms with van der Waals surface area (Å²) >= 11 is 7.31. The zero-order valence-corrected chi connectivity index (χ0v) is 16.1. The van der Waals surface area contributed by atoms with Crippen molar-refractivity contribution in [2.75, 3.05) is 5.75 Å². The van der Waals surface area contributed by atoms with Gasteiger partial charge in [0.25, 0.3) is 0 Å². The SMILES string of the molecule is Cc1ccccc1-c1nnc(SCC(=O)NCc2cccc(Cl)c2)n1C. The fourth-order valence-electron chi connectivity index (χ4n) is 2.53. The standard InChI is InChI=1S/C19H19ClN4OS/c1-13-6-3-4-9-16(13)18-22-23-19(24(18)2)26-12-17(25)21-11-14-7-5-8-15(20)10-14/h3-10H,11-12H2,1-2H3,(H,21,25). The van der Waals surface area contributed by atoms with E-state index in [9.17, 15) is 4.79 Å². The van der Waals surface area contributed by atoms with Crippen molar-refractivity contribution < 1.29 is 4.79 Å². The van der Waals surface area contributed by atoms with Crippen LogP contribution in [0.5, 0.6) is 0 Å². The fraction of sp³-hybridized carbons (Fsp3) is 0.211. The highest BCUT2D eigenvalue weighted by Gasteiger charge is 2.14. The minimum atomic E-state index is -0.0598. The summed E-state index contributed by atoms with van der Waals surface area (Å²) in [5.41, 5.74) is 3.15. The van der Waals surface area contributed by atoms with E-state index in [-0.39, 0.29) is 11.7 Å². The Morgan fingerprint density at radius 2 is 2.00 bits per heavy atom. The molecule has 0 fully saturated rings. The topological polar surface area (TPSA) is 59.8 Å². The molecule has 0 saturated heterocycles. The predicted molar refractivity (Wildman–Crippen MR) is 105 cm³/mol. The van der Waals surface area contributed by atoms with Crippen molar-refractivity contribution in [3.05, 3.63) is 64.7 Å². The highest BCUT2D eigenvalue weighted by molar-refractivity contribution is 7.99. The van der Waals surface area contributed by atoms with Gasteiger partial charge in [-0.25, -0.2) is 0 Å². The number of nitrogens with one attached hydrogen (secondary N) is 1. The minimum absolute atomic E-state index is 0.0598. The van der Waals surface area contributed by atoms with Crippen LogP contribution in [0.25, 0.3) is 11.4 Å². The molecule has 1 aromatic heterocycles. The Bertz CT molecular complexity index is 925. The fourth-order valence-corrected chi connectivity index (χ4v) is 3.48. The molecule has 0 bridgehead atoms. The molecule has 0 aliphatic rings. The molecule has 134 valence electrons. The second-order valence-corrected chi connectivity index (χ2v) is 7.25. The number of benzene rings is 2. The van der Waals surface area contributed by atoms with Gasteiger partial charge in [0, 0.05) is 24.2 Å². The number of rotatable bonds is 6. The van der Waals surface area contributed by atoms with Crippen LogP contribution in [-0.4, -0.2) is 26.4 Å². The van der Waals surface area contributed by atoms with Gasteiger partial charge in [-0.2, -0.15) is 0 Å². The summed E-state index contributed by atoms with van der Waals surface area (Å²) in [5.74, 6) is 1.01. The van der Waals surface area contributed by atoms with Crippen molar-refractivity contribution in [3.8, 4) is 11.4 Å². The summed E-state index contributed by atoms with van der Waals surface area (Å²) in [5, 5.41) is 12.7. The number of halogens is 1. The first-order valence-corrected chi connectivity index (χ1v) is 9.50. The maximum atomic E-state index is 12.1. The zero-order chi connectivity index (χ0) is 18.5. The first-order valence-electron chi connectivity index (χ1n) is 8.14. The van der Waals surface area contributed by atoms with Crippen LogP contribution in [-0.2, 0) is 18.4 Å². The van der Waals surface area contributed by atoms with Crippen LogP contribution in [0.15, 0.2) is 53.7 Å². The van der Waals surface area contributed by atoms with Gasteiger partial charge in [-0.3, -0.25) is 4.79 Å². The van der Waals surface area contributed by atoms with Crippen molar-refractivity contribution in [2.45, 2.75) is 18.6 Å². The van der Waals surface area contributed by atoms with Gasteiger partial charge in [-0.1, -0.05) is 59.8 Å². The molecule has 3 aromatic rings. The molecule has 0 radical (unpaired) electrons. The number of amides is 1. The molecule has 5 nitrogen and oxygen atoms in total. The van der Waals surface area contributed by atoms with Gasteiger partial charge in [0.2, 0.25) is 5.91 Å². The third kappa shape index (κ3) is 4.45. The lowest BCUT2D eigenvalue weighted by molar-refractivity contribution is -0.118. The summed E-state index contributed by atoms with van der Waals surface area (Å²) in [7, 11) is 1.91. The van der Waals surface area contributed by atoms with Gasteiger partial charge >= 0.3 is 0 Å². The Hall–Kier alpha value is -2.31. The Morgan fingerprint density at radius 3 is 2.77 bits per heavy atom. The van der Waals surface area contributed by atoms with Gasteiger partial charge in [0.15, 0.2) is 11.0 Å². The quantitative estimate of drug-likeness (QED) is 0.653. The van der Waals surface area contributed by atoms with E-state index in [2.05, 4.69) is 15.5 Å². The molecule has 0 spiro atoms. The molecular formula is C19H19ClN4OS. The van der Waals surface area contributed by atoms with Crippen LogP contribution in [0.2, 0.25) is 5.02 Å². The predicted octanol–water partition coefficient (Wildman–Crippen LogP) is 3.85. The smallest absolute Gasteiger partial charge is 0.230 e. The van der Waals surface area contributed by atoms with E-state index in [1.807, 2.05) is 67.1 Å². The van der Waals surface area contributed by atoms with E-state index in [1.54, 1.807) is 0 Å². The van der Waals surface area contributed by atoms with E-state index in [0.717, 1.165) is 22.5 Å². The first-order chi connectivity index (χ1) is 12.5. The van der Waals surface area contributed by atoms with Crippen LogP contribution >= 0.6 is 23.4 Å². The summed E-state index contributed by atoms with van der Waals surface area (Å²) in [6.07, 6.45) is 0. The largest absolute Gasteiger partial charge is 0.351 e. The highest BCUT2D eigenvalue weighted by Crippen LogP contribution is 2.24.